The Labute approximate surface area is 215 Å². The maximum atomic E-state index is 13.2. The fourth-order valence-corrected chi connectivity index (χ4v) is 6.55. The number of amides is 2. The number of aromatic nitrogens is 1. The van der Waals surface area contributed by atoms with Crippen LogP contribution in [-0.2, 0) is 29.4 Å². The Morgan fingerprint density at radius 2 is 1.81 bits per heavy atom. The summed E-state index contributed by atoms with van der Waals surface area (Å²) in [5, 5.41) is 2.75. The number of thiazole rings is 1. The lowest BCUT2D eigenvalue weighted by molar-refractivity contribution is -0.142. The van der Waals surface area contributed by atoms with Crippen LogP contribution in [0.15, 0.2) is 39.6 Å². The Kier molecular flexibility index (Phi) is 9.44. The van der Waals surface area contributed by atoms with E-state index in [0.29, 0.717) is 18.2 Å². The van der Waals surface area contributed by atoms with E-state index in [0.717, 1.165) is 49.5 Å². The smallest absolute Gasteiger partial charge is 0.328 e. The zero-order valence-corrected chi connectivity index (χ0v) is 22.5. The first-order chi connectivity index (χ1) is 17.0. The van der Waals surface area contributed by atoms with Crippen LogP contribution in [-0.4, -0.2) is 59.8 Å². The quantitative estimate of drug-likeness (QED) is 0.399. The number of rotatable bonds is 11. The van der Waals surface area contributed by atoms with Crippen LogP contribution < -0.4 is 14.9 Å². The molecule has 1 saturated carbocycles. The largest absolute Gasteiger partial charge is 0.466 e. The number of nitrogens with one attached hydrogen (secondary N) is 2. The van der Waals surface area contributed by atoms with Crippen molar-refractivity contribution in [2.24, 2.45) is 5.92 Å². The third-order valence-electron chi connectivity index (χ3n) is 5.63. The number of hydrogen-bond donors (Lipinski definition) is 2. The van der Waals surface area contributed by atoms with Gasteiger partial charge in [0.05, 0.1) is 24.1 Å². The van der Waals surface area contributed by atoms with Gasteiger partial charge in [0.2, 0.25) is 0 Å². The van der Waals surface area contributed by atoms with E-state index in [-0.39, 0.29) is 33.8 Å². The van der Waals surface area contributed by atoms with E-state index in [2.05, 4.69) is 15.0 Å². The molecule has 36 heavy (non-hydrogen) atoms. The molecule has 0 saturated heterocycles. The summed E-state index contributed by atoms with van der Waals surface area (Å²) >= 11 is 0.783. The van der Waals surface area contributed by atoms with E-state index in [1.54, 1.807) is 19.1 Å². The molecule has 198 valence electrons. The summed E-state index contributed by atoms with van der Waals surface area (Å²) in [5.74, 6) is -0.203. The van der Waals surface area contributed by atoms with Gasteiger partial charge in [-0.05, 0) is 49.9 Å². The fourth-order valence-electron chi connectivity index (χ4n) is 3.82. The number of hydrogen-bond acceptors (Lipinski definition) is 9. The molecule has 1 aromatic heterocycles. The van der Waals surface area contributed by atoms with Crippen LogP contribution in [0.1, 0.15) is 39.0 Å². The van der Waals surface area contributed by atoms with Crippen LogP contribution in [0.3, 0.4) is 0 Å². The van der Waals surface area contributed by atoms with E-state index in [9.17, 15) is 26.4 Å². The summed E-state index contributed by atoms with van der Waals surface area (Å²) in [6.07, 6.45) is 6.29. The molecule has 0 unspecified atom stereocenters. The van der Waals surface area contributed by atoms with E-state index < -0.39 is 31.9 Å². The molecule has 1 fully saturated rings. The molecule has 0 radical (unpaired) electrons. The molecule has 1 aromatic carbocycles. The van der Waals surface area contributed by atoms with Gasteiger partial charge in [0.15, 0.2) is 19.2 Å². The Morgan fingerprint density at radius 3 is 2.42 bits per heavy atom. The molecule has 14 heteroatoms. The molecule has 2 N–H and O–H groups in total. The molecule has 2 aromatic rings. The van der Waals surface area contributed by atoms with E-state index in [1.807, 2.05) is 0 Å². The van der Waals surface area contributed by atoms with Crippen LogP contribution in [0.4, 0.5) is 15.6 Å². The molecule has 0 aliphatic heterocycles. The molecule has 2 amide bonds. The number of benzene rings is 1. The van der Waals surface area contributed by atoms with Crippen molar-refractivity contribution >= 4 is 54.0 Å². The summed E-state index contributed by atoms with van der Waals surface area (Å²) in [6.45, 7) is 2.19. The predicted molar refractivity (Wildman–Crippen MR) is 136 cm³/mol. The van der Waals surface area contributed by atoms with Gasteiger partial charge in [0.1, 0.15) is 0 Å². The number of carbonyl (C=O) groups is 2. The number of anilines is 2. The Balaban J connectivity index is 1.71. The zero-order valence-electron chi connectivity index (χ0n) is 20.1. The minimum atomic E-state index is -3.92. The molecule has 0 atom stereocenters. The molecule has 11 nitrogen and oxygen atoms in total. The monoisotopic (exact) mass is 558 g/mol. The molecule has 1 aliphatic rings. The SMILES string of the molecule is CCOC(=O)CCNS(=O)(=O)c1cnc(NC(=O)N(CC2CCCC2)c2ccc(S(C)(=O)=O)cc2)s1. The minimum Gasteiger partial charge on any atom is -0.466 e. The van der Waals surface area contributed by atoms with Crippen molar-refractivity contribution in [3.8, 4) is 0 Å². The zero-order chi connectivity index (χ0) is 26.3. The summed E-state index contributed by atoms with van der Waals surface area (Å²) in [5.41, 5.74) is 0.525. The van der Waals surface area contributed by atoms with E-state index >= 15 is 0 Å². The van der Waals surface area contributed by atoms with Crippen LogP contribution in [0.5, 0.6) is 0 Å². The maximum absolute atomic E-state index is 13.2. The molecule has 3 rings (SSSR count). The lowest BCUT2D eigenvalue weighted by Gasteiger charge is -2.26. The third-order valence-corrected chi connectivity index (χ3v) is 9.59. The van der Waals surface area contributed by atoms with Crippen molar-refractivity contribution in [3.63, 3.8) is 0 Å². The van der Waals surface area contributed by atoms with Crippen molar-refractivity contribution in [1.82, 2.24) is 9.71 Å². The first-order valence-corrected chi connectivity index (χ1v) is 15.7. The standard InChI is InChI=1S/C22H30N4O7S3/c1-3-33-19(27)12-13-24-36(31,32)20-14-23-21(34-20)25-22(28)26(15-16-6-4-5-7-16)17-8-10-18(11-9-17)35(2,29)30/h8-11,14,16,24H,3-7,12-13,15H2,1-2H3,(H,23,25,28). The van der Waals surface area contributed by atoms with Gasteiger partial charge in [-0.3, -0.25) is 15.0 Å². The van der Waals surface area contributed by atoms with Crippen LogP contribution in [0.2, 0.25) is 0 Å². The van der Waals surface area contributed by atoms with Gasteiger partial charge in [-0.25, -0.2) is 31.3 Å². The third kappa shape index (κ3) is 7.72. The Morgan fingerprint density at radius 1 is 1.14 bits per heavy atom. The summed E-state index contributed by atoms with van der Waals surface area (Å²) in [6, 6.07) is 5.57. The lowest BCUT2D eigenvalue weighted by atomic mass is 10.1. The van der Waals surface area contributed by atoms with Crippen LogP contribution >= 0.6 is 11.3 Å². The van der Waals surface area contributed by atoms with Crippen molar-refractivity contribution < 1.29 is 31.2 Å². The topological polar surface area (TPSA) is 152 Å². The second-order valence-corrected chi connectivity index (χ2v) is 13.4. The lowest BCUT2D eigenvalue weighted by Crippen LogP contribution is -2.38. The average Bonchev–Trinajstić information content (AvgIpc) is 3.49. The number of urea groups is 1. The number of ether oxygens (including phenoxy) is 1. The maximum Gasteiger partial charge on any atom is 0.328 e. The van der Waals surface area contributed by atoms with Gasteiger partial charge in [-0.1, -0.05) is 24.2 Å². The highest BCUT2D eigenvalue weighted by molar-refractivity contribution is 7.91. The van der Waals surface area contributed by atoms with Crippen molar-refractivity contribution in [2.45, 2.75) is 48.1 Å². The summed E-state index contributed by atoms with van der Waals surface area (Å²) in [7, 11) is -7.30. The van der Waals surface area contributed by atoms with E-state index in [4.69, 9.17) is 4.74 Å². The first kappa shape index (κ1) is 28.0. The number of esters is 1. The Hall–Kier alpha value is -2.55. The molecule has 1 heterocycles. The van der Waals surface area contributed by atoms with Crippen molar-refractivity contribution in [2.75, 3.05) is 36.2 Å². The number of nitrogens with zero attached hydrogens (tertiary/aromatic N) is 2. The second-order valence-electron chi connectivity index (χ2n) is 8.39. The molecular weight excluding hydrogens is 528 g/mol. The Bertz CT molecular complexity index is 1270. The highest BCUT2D eigenvalue weighted by atomic mass is 32.2. The molecule has 1 aliphatic carbocycles. The number of sulfone groups is 1. The second kappa shape index (κ2) is 12.1. The highest BCUT2D eigenvalue weighted by Crippen LogP contribution is 2.29. The molecule has 0 spiro atoms. The predicted octanol–water partition coefficient (Wildman–Crippen LogP) is 3.01. The van der Waals surface area contributed by atoms with Gasteiger partial charge in [-0.15, -0.1) is 0 Å². The number of carbonyl (C=O) groups excluding carboxylic acids is 2. The fraction of sp³-hybridized carbons (Fsp3) is 0.500. The van der Waals surface area contributed by atoms with Crippen molar-refractivity contribution in [3.05, 3.63) is 30.5 Å². The average molecular weight is 559 g/mol. The van der Waals surface area contributed by atoms with Gasteiger partial charge in [0, 0.05) is 25.0 Å². The first-order valence-electron chi connectivity index (χ1n) is 11.5. The van der Waals surface area contributed by atoms with Gasteiger partial charge < -0.3 is 4.74 Å². The van der Waals surface area contributed by atoms with Gasteiger partial charge >= 0.3 is 12.0 Å². The summed E-state index contributed by atoms with van der Waals surface area (Å²) in [4.78, 5) is 30.3. The summed E-state index contributed by atoms with van der Waals surface area (Å²) < 4.78 is 55.6. The van der Waals surface area contributed by atoms with Crippen LogP contribution in [0, 0.1) is 5.92 Å². The molecular formula is C22H30N4O7S3. The van der Waals surface area contributed by atoms with Crippen LogP contribution in [0.25, 0.3) is 0 Å². The van der Waals surface area contributed by atoms with E-state index in [1.165, 1.54) is 17.0 Å². The normalized spacial score (nSPS) is 14.5. The number of sulfonamides is 1. The van der Waals surface area contributed by atoms with Gasteiger partial charge in [0.25, 0.3) is 10.0 Å². The highest BCUT2D eigenvalue weighted by Gasteiger charge is 2.25. The van der Waals surface area contributed by atoms with Gasteiger partial charge in [-0.2, -0.15) is 0 Å². The molecule has 0 bridgehead atoms. The minimum absolute atomic E-state index is 0.0925. The van der Waals surface area contributed by atoms with Crippen molar-refractivity contribution in [1.29, 1.82) is 0 Å².